The van der Waals surface area contributed by atoms with Gasteiger partial charge in [-0.05, 0) is 64.5 Å². The SMILES string of the molecule is COc1cc(CN(C)Cc2cc(C3CC3)n[nH]2)ccc1OCC(O)CN(C)C(C)C. The molecule has 1 aromatic carbocycles. The Balaban J connectivity index is 1.52. The number of methoxy groups -OCH3 is 1. The van der Waals surface area contributed by atoms with Crippen molar-refractivity contribution in [3.8, 4) is 11.5 Å². The van der Waals surface area contributed by atoms with Crippen molar-refractivity contribution in [3.63, 3.8) is 0 Å². The lowest BCUT2D eigenvalue weighted by Crippen LogP contribution is -2.36. The summed E-state index contributed by atoms with van der Waals surface area (Å²) in [6.45, 7) is 6.61. The van der Waals surface area contributed by atoms with Gasteiger partial charge >= 0.3 is 0 Å². The first-order valence-electron chi connectivity index (χ1n) is 10.8. The number of aliphatic hydroxyl groups excluding tert-OH is 1. The molecule has 0 bridgehead atoms. The molecule has 1 aliphatic rings. The molecule has 30 heavy (non-hydrogen) atoms. The number of nitrogens with one attached hydrogen (secondary N) is 1. The maximum atomic E-state index is 10.2. The topological polar surface area (TPSA) is 73.8 Å². The number of benzene rings is 1. The summed E-state index contributed by atoms with van der Waals surface area (Å²) in [5.41, 5.74) is 3.48. The van der Waals surface area contributed by atoms with Gasteiger partial charge in [-0.2, -0.15) is 5.10 Å². The van der Waals surface area contributed by atoms with Crippen LogP contribution in [0.5, 0.6) is 11.5 Å². The molecule has 1 atom stereocenters. The molecular weight excluding hydrogens is 380 g/mol. The van der Waals surface area contributed by atoms with Crippen LogP contribution in [-0.2, 0) is 13.1 Å². The van der Waals surface area contributed by atoms with E-state index < -0.39 is 6.10 Å². The van der Waals surface area contributed by atoms with Crippen LogP contribution in [0.15, 0.2) is 24.3 Å². The lowest BCUT2D eigenvalue weighted by atomic mass is 10.2. The molecule has 0 amide bonds. The zero-order valence-electron chi connectivity index (χ0n) is 18.9. The van der Waals surface area contributed by atoms with Crippen LogP contribution in [-0.4, -0.2) is 71.6 Å². The van der Waals surface area contributed by atoms with E-state index in [1.807, 2.05) is 25.2 Å². The standard InChI is InChI=1S/C23H36N4O3/c1-16(2)27(4)14-20(28)15-30-22-9-6-17(10-23(22)29-5)12-26(3)13-19-11-21(25-24-19)18-7-8-18/h6,9-11,16,18,20,28H,7-8,12-15H2,1-5H3,(H,24,25). The van der Waals surface area contributed by atoms with Crippen LogP contribution in [0.1, 0.15) is 49.6 Å². The van der Waals surface area contributed by atoms with E-state index in [0.717, 1.165) is 24.3 Å². The summed E-state index contributed by atoms with van der Waals surface area (Å²) in [4.78, 5) is 4.34. The van der Waals surface area contributed by atoms with Crippen molar-refractivity contribution in [3.05, 3.63) is 41.2 Å². The van der Waals surface area contributed by atoms with Crippen molar-refractivity contribution in [1.82, 2.24) is 20.0 Å². The monoisotopic (exact) mass is 416 g/mol. The molecule has 0 saturated heterocycles. The van der Waals surface area contributed by atoms with Crippen LogP contribution in [0.4, 0.5) is 0 Å². The second-order valence-corrected chi connectivity index (χ2v) is 8.75. The van der Waals surface area contributed by atoms with Gasteiger partial charge in [-0.15, -0.1) is 0 Å². The van der Waals surface area contributed by atoms with Gasteiger partial charge in [0.25, 0.3) is 0 Å². The van der Waals surface area contributed by atoms with Crippen molar-refractivity contribution in [2.45, 2.75) is 57.8 Å². The zero-order valence-corrected chi connectivity index (χ0v) is 18.9. The fraction of sp³-hybridized carbons (Fsp3) is 0.609. The number of hydrogen-bond donors (Lipinski definition) is 2. The third-order valence-electron chi connectivity index (χ3n) is 5.58. The Morgan fingerprint density at radius 3 is 2.60 bits per heavy atom. The lowest BCUT2D eigenvalue weighted by Gasteiger charge is -2.24. The molecule has 7 nitrogen and oxygen atoms in total. The molecule has 0 spiro atoms. The fourth-order valence-corrected chi connectivity index (χ4v) is 3.42. The van der Waals surface area contributed by atoms with E-state index in [1.54, 1.807) is 7.11 Å². The number of aromatic amines is 1. The maximum Gasteiger partial charge on any atom is 0.161 e. The Morgan fingerprint density at radius 2 is 1.93 bits per heavy atom. The Hall–Kier alpha value is -2.09. The Morgan fingerprint density at radius 1 is 1.17 bits per heavy atom. The van der Waals surface area contributed by atoms with Crippen LogP contribution >= 0.6 is 0 Å². The van der Waals surface area contributed by atoms with Crippen molar-refractivity contribution < 1.29 is 14.6 Å². The van der Waals surface area contributed by atoms with Crippen LogP contribution < -0.4 is 9.47 Å². The highest BCUT2D eigenvalue weighted by Crippen LogP contribution is 2.39. The highest BCUT2D eigenvalue weighted by atomic mass is 16.5. The number of rotatable bonds is 12. The summed E-state index contributed by atoms with van der Waals surface area (Å²) in [6, 6.07) is 8.54. The van der Waals surface area contributed by atoms with Crippen LogP contribution in [0, 0.1) is 0 Å². The third kappa shape index (κ3) is 6.45. The molecule has 2 aromatic rings. The van der Waals surface area contributed by atoms with Gasteiger partial charge in [0.05, 0.1) is 12.8 Å². The predicted molar refractivity (Wildman–Crippen MR) is 118 cm³/mol. The first kappa shape index (κ1) is 22.6. The van der Waals surface area contributed by atoms with Crippen LogP contribution in [0.3, 0.4) is 0 Å². The van der Waals surface area contributed by atoms with E-state index in [1.165, 1.54) is 18.5 Å². The molecule has 1 unspecified atom stereocenters. The van der Waals surface area contributed by atoms with Gasteiger partial charge in [-0.1, -0.05) is 6.07 Å². The Labute approximate surface area is 180 Å². The molecule has 1 fully saturated rings. The molecule has 0 radical (unpaired) electrons. The van der Waals surface area contributed by atoms with Gasteiger partial charge in [-0.25, -0.2) is 0 Å². The number of H-pyrrole nitrogens is 1. The van der Waals surface area contributed by atoms with E-state index in [9.17, 15) is 5.11 Å². The van der Waals surface area contributed by atoms with Crippen LogP contribution in [0.2, 0.25) is 0 Å². The van der Waals surface area contributed by atoms with Crippen LogP contribution in [0.25, 0.3) is 0 Å². The number of aromatic nitrogens is 2. The highest BCUT2D eigenvalue weighted by molar-refractivity contribution is 5.43. The Kier molecular flexibility index (Phi) is 7.75. The minimum Gasteiger partial charge on any atom is -0.493 e. The summed E-state index contributed by atoms with van der Waals surface area (Å²) in [5, 5.41) is 17.8. The molecule has 2 N–H and O–H groups in total. The summed E-state index contributed by atoms with van der Waals surface area (Å²) < 4.78 is 11.4. The Bertz CT molecular complexity index is 803. The lowest BCUT2D eigenvalue weighted by molar-refractivity contribution is 0.0668. The maximum absolute atomic E-state index is 10.2. The first-order chi connectivity index (χ1) is 14.4. The number of aliphatic hydroxyl groups is 1. The van der Waals surface area contributed by atoms with E-state index in [-0.39, 0.29) is 6.61 Å². The molecule has 1 aromatic heterocycles. The van der Waals surface area contributed by atoms with Crippen molar-refractivity contribution in [2.24, 2.45) is 0 Å². The van der Waals surface area contributed by atoms with Gasteiger partial charge < -0.3 is 19.5 Å². The quantitative estimate of drug-likeness (QED) is 0.554. The zero-order chi connectivity index (χ0) is 21.7. The number of hydrogen-bond acceptors (Lipinski definition) is 6. The summed E-state index contributed by atoms with van der Waals surface area (Å²) in [6.07, 6.45) is 1.97. The molecule has 166 valence electrons. The minimum absolute atomic E-state index is 0.232. The normalized spacial score (nSPS) is 15.2. The van der Waals surface area contributed by atoms with Crippen molar-refractivity contribution in [1.29, 1.82) is 0 Å². The molecule has 3 rings (SSSR count). The summed E-state index contributed by atoms with van der Waals surface area (Å²) in [5.74, 6) is 2.00. The van der Waals surface area contributed by atoms with E-state index in [2.05, 4.69) is 47.0 Å². The molecule has 7 heteroatoms. The molecule has 1 aliphatic carbocycles. The summed E-state index contributed by atoms with van der Waals surface area (Å²) >= 11 is 0. The average Bonchev–Trinajstić information content (AvgIpc) is 3.46. The second kappa shape index (κ2) is 10.3. The third-order valence-corrected chi connectivity index (χ3v) is 5.58. The molecule has 0 aliphatic heterocycles. The van der Waals surface area contributed by atoms with E-state index in [4.69, 9.17) is 9.47 Å². The van der Waals surface area contributed by atoms with Gasteiger partial charge in [0, 0.05) is 37.3 Å². The second-order valence-electron chi connectivity index (χ2n) is 8.75. The number of likely N-dealkylation sites (N-methyl/N-ethyl adjacent to an activating group) is 1. The van der Waals surface area contributed by atoms with E-state index in [0.29, 0.717) is 30.0 Å². The molecule has 1 saturated carbocycles. The van der Waals surface area contributed by atoms with E-state index >= 15 is 0 Å². The summed E-state index contributed by atoms with van der Waals surface area (Å²) in [7, 11) is 5.73. The van der Waals surface area contributed by atoms with Crippen molar-refractivity contribution in [2.75, 3.05) is 34.4 Å². The molecule has 1 heterocycles. The number of ether oxygens (including phenoxy) is 2. The molecular formula is C23H36N4O3. The predicted octanol–water partition coefficient (Wildman–Crippen LogP) is 3.01. The van der Waals surface area contributed by atoms with Gasteiger partial charge in [0.15, 0.2) is 11.5 Å². The number of nitrogens with zero attached hydrogens (tertiary/aromatic N) is 3. The highest BCUT2D eigenvalue weighted by Gasteiger charge is 2.26. The average molecular weight is 417 g/mol. The van der Waals surface area contributed by atoms with Crippen molar-refractivity contribution >= 4 is 0 Å². The smallest absolute Gasteiger partial charge is 0.161 e. The van der Waals surface area contributed by atoms with Gasteiger partial charge in [0.1, 0.15) is 12.7 Å². The van der Waals surface area contributed by atoms with Gasteiger partial charge in [-0.3, -0.25) is 10.00 Å². The minimum atomic E-state index is -0.553. The fourth-order valence-electron chi connectivity index (χ4n) is 3.42. The largest absolute Gasteiger partial charge is 0.493 e. The van der Waals surface area contributed by atoms with Gasteiger partial charge in [0.2, 0.25) is 0 Å². The first-order valence-corrected chi connectivity index (χ1v) is 10.8.